The molecular weight excluding hydrogens is 452 g/mol. The average molecular weight is 487 g/mol. The summed E-state index contributed by atoms with van der Waals surface area (Å²) < 4.78 is 8.13. The van der Waals surface area contributed by atoms with Crippen molar-refractivity contribution in [3.63, 3.8) is 0 Å². The van der Waals surface area contributed by atoms with Crippen molar-refractivity contribution in [3.8, 4) is 0 Å². The molecule has 0 unspecified atom stereocenters. The number of hydrogen-bond acceptors (Lipinski definition) is 8. The highest BCUT2D eigenvalue weighted by Crippen LogP contribution is 2.47. The molecule has 190 valence electrons. The Bertz CT molecular complexity index is 1120. The highest BCUT2D eigenvalue weighted by molar-refractivity contribution is 5.81. The molecule has 2 saturated heterocycles. The Balaban J connectivity index is 1.29. The Kier molecular flexibility index (Phi) is 5.95. The molecule has 0 radical (unpaired) electrons. The predicted octanol–water partition coefficient (Wildman–Crippen LogP) is 1.91. The second kappa shape index (κ2) is 8.70. The summed E-state index contributed by atoms with van der Waals surface area (Å²) in [5.74, 6) is -0.495. The Morgan fingerprint density at radius 2 is 1.86 bits per heavy atom. The number of rotatable bonds is 5. The number of nitrogens with zero attached hydrogens (tertiary/aromatic N) is 5. The third kappa shape index (κ3) is 4.47. The van der Waals surface area contributed by atoms with Gasteiger partial charge in [0.15, 0.2) is 11.5 Å². The number of hydrogen-bond donors (Lipinski definition) is 3. The van der Waals surface area contributed by atoms with E-state index in [0.29, 0.717) is 55.8 Å². The number of nitrogen functional groups attached to an aromatic ring is 1. The van der Waals surface area contributed by atoms with E-state index in [9.17, 15) is 19.8 Å². The van der Waals surface area contributed by atoms with Crippen LogP contribution in [-0.2, 0) is 14.3 Å². The van der Waals surface area contributed by atoms with E-state index in [2.05, 4.69) is 15.0 Å². The highest BCUT2D eigenvalue weighted by Gasteiger charge is 2.50. The minimum atomic E-state index is -1.13. The number of fused-ring (bicyclic) bond motifs is 1. The third-order valence-corrected chi connectivity index (χ3v) is 8.42. The zero-order valence-corrected chi connectivity index (χ0v) is 20.1. The van der Waals surface area contributed by atoms with Crippen molar-refractivity contribution in [2.24, 2.45) is 5.41 Å². The standard InChI is InChI=1S/C24H34N6O5/c1-22(34)13-35-24(10-16(22)30-15-28-19-20(25)26-14-27-21(19)30)6-8-29(9-7-24)17(31)11-23(12-18(32)33)4-2-3-5-23/h14-16,34H,2-13H2,1H3,(H,32,33)(H2,25,26,27)/t16-,22-/m0/s1. The maximum atomic E-state index is 13.2. The molecule has 2 aromatic rings. The number of carboxylic acids is 1. The Morgan fingerprint density at radius 3 is 2.54 bits per heavy atom. The fourth-order valence-electron chi connectivity index (χ4n) is 6.33. The molecule has 2 atom stereocenters. The SMILES string of the molecule is C[C@]1(O)COC2(CCN(C(=O)CC3(CC(=O)O)CCCC3)CC2)C[C@@H]1n1cnc2c(N)ncnc21. The first-order valence-corrected chi connectivity index (χ1v) is 12.4. The van der Waals surface area contributed by atoms with Crippen LogP contribution in [0.2, 0.25) is 0 Å². The number of carboxylic acid groups (broad SMARTS) is 1. The zero-order chi connectivity index (χ0) is 24.8. The molecule has 11 heteroatoms. The van der Waals surface area contributed by atoms with Crippen LogP contribution >= 0.6 is 0 Å². The summed E-state index contributed by atoms with van der Waals surface area (Å²) >= 11 is 0. The van der Waals surface area contributed by atoms with Gasteiger partial charge >= 0.3 is 5.97 Å². The van der Waals surface area contributed by atoms with E-state index in [1.165, 1.54) is 6.33 Å². The summed E-state index contributed by atoms with van der Waals surface area (Å²) in [6.07, 6.45) is 8.83. The van der Waals surface area contributed by atoms with Gasteiger partial charge in [0.2, 0.25) is 5.91 Å². The topological polar surface area (TPSA) is 157 Å². The predicted molar refractivity (Wildman–Crippen MR) is 126 cm³/mol. The average Bonchev–Trinajstić information content (AvgIpc) is 3.44. The van der Waals surface area contributed by atoms with Crippen molar-refractivity contribution < 1.29 is 24.5 Å². The minimum absolute atomic E-state index is 0.0372. The highest BCUT2D eigenvalue weighted by atomic mass is 16.5. The van der Waals surface area contributed by atoms with E-state index < -0.39 is 22.6 Å². The van der Waals surface area contributed by atoms with Gasteiger partial charge in [0, 0.05) is 25.9 Å². The van der Waals surface area contributed by atoms with Crippen molar-refractivity contribution >= 4 is 28.9 Å². The van der Waals surface area contributed by atoms with Crippen molar-refractivity contribution in [2.45, 2.75) is 82.0 Å². The quantitative estimate of drug-likeness (QED) is 0.574. The van der Waals surface area contributed by atoms with Crippen molar-refractivity contribution in [3.05, 3.63) is 12.7 Å². The molecule has 35 heavy (non-hydrogen) atoms. The third-order valence-electron chi connectivity index (χ3n) is 8.42. The van der Waals surface area contributed by atoms with E-state index in [1.54, 1.807) is 13.3 Å². The molecule has 1 saturated carbocycles. The monoisotopic (exact) mass is 486 g/mol. The number of ether oxygens (including phenoxy) is 1. The molecule has 2 aliphatic heterocycles. The zero-order valence-electron chi connectivity index (χ0n) is 20.1. The number of amides is 1. The Hall–Kier alpha value is -2.79. The normalized spacial score (nSPS) is 27.9. The number of anilines is 1. The largest absolute Gasteiger partial charge is 0.481 e. The fraction of sp³-hybridized carbons (Fsp3) is 0.708. The number of carbonyl (C=O) groups is 2. The molecule has 0 bridgehead atoms. The van der Waals surface area contributed by atoms with E-state index in [0.717, 1.165) is 25.7 Å². The number of imidazole rings is 1. The van der Waals surface area contributed by atoms with Crippen LogP contribution in [0.25, 0.3) is 11.2 Å². The van der Waals surface area contributed by atoms with E-state index in [1.807, 2.05) is 9.47 Å². The molecule has 3 fully saturated rings. The molecule has 1 amide bonds. The van der Waals surface area contributed by atoms with Crippen molar-refractivity contribution in [1.29, 1.82) is 0 Å². The number of carbonyl (C=O) groups excluding carboxylic acids is 1. The van der Waals surface area contributed by atoms with Crippen LogP contribution in [0.5, 0.6) is 0 Å². The first-order valence-electron chi connectivity index (χ1n) is 12.4. The summed E-state index contributed by atoms with van der Waals surface area (Å²) in [5.41, 5.74) is 5.04. The molecule has 1 spiro atoms. The van der Waals surface area contributed by atoms with E-state index >= 15 is 0 Å². The first-order chi connectivity index (χ1) is 16.6. The number of piperidine rings is 1. The molecule has 2 aromatic heterocycles. The van der Waals surface area contributed by atoms with Gasteiger partial charge in [-0.1, -0.05) is 12.8 Å². The van der Waals surface area contributed by atoms with Crippen LogP contribution in [0.4, 0.5) is 5.82 Å². The maximum absolute atomic E-state index is 13.2. The van der Waals surface area contributed by atoms with E-state index in [4.69, 9.17) is 10.5 Å². The molecule has 4 heterocycles. The number of nitrogens with two attached hydrogens (primary N) is 1. The van der Waals surface area contributed by atoms with Gasteiger partial charge in [-0.05, 0) is 38.0 Å². The number of aliphatic hydroxyl groups is 1. The minimum Gasteiger partial charge on any atom is -0.481 e. The summed E-state index contributed by atoms with van der Waals surface area (Å²) in [6, 6.07) is -0.324. The molecule has 11 nitrogen and oxygen atoms in total. The number of likely N-dealkylation sites (tertiary alicyclic amines) is 1. The van der Waals surface area contributed by atoms with Crippen LogP contribution in [0.1, 0.15) is 70.8 Å². The lowest BCUT2D eigenvalue weighted by Crippen LogP contribution is -2.57. The summed E-state index contributed by atoms with van der Waals surface area (Å²) in [4.78, 5) is 39.2. The van der Waals surface area contributed by atoms with Crippen LogP contribution in [0.3, 0.4) is 0 Å². The molecule has 1 aliphatic carbocycles. The molecule has 5 rings (SSSR count). The van der Waals surface area contributed by atoms with Gasteiger partial charge in [-0.25, -0.2) is 15.0 Å². The van der Waals surface area contributed by atoms with E-state index in [-0.39, 0.29) is 25.0 Å². The van der Waals surface area contributed by atoms with Gasteiger partial charge in [0.25, 0.3) is 0 Å². The van der Waals surface area contributed by atoms with Gasteiger partial charge in [0.1, 0.15) is 17.4 Å². The Morgan fingerprint density at radius 1 is 1.14 bits per heavy atom. The fourth-order valence-corrected chi connectivity index (χ4v) is 6.33. The van der Waals surface area contributed by atoms with Crippen LogP contribution in [-0.4, -0.2) is 77.4 Å². The summed E-state index contributed by atoms with van der Waals surface area (Å²) in [6.45, 7) is 3.02. The lowest BCUT2D eigenvalue weighted by atomic mass is 9.76. The molecule has 3 aliphatic rings. The molecule has 0 aromatic carbocycles. The lowest BCUT2D eigenvalue weighted by Gasteiger charge is -2.51. The summed E-state index contributed by atoms with van der Waals surface area (Å²) in [7, 11) is 0. The second-order valence-corrected chi connectivity index (χ2v) is 11.0. The van der Waals surface area contributed by atoms with Crippen LogP contribution in [0.15, 0.2) is 12.7 Å². The second-order valence-electron chi connectivity index (χ2n) is 11.0. The maximum Gasteiger partial charge on any atom is 0.303 e. The molecule has 4 N–H and O–H groups in total. The van der Waals surface area contributed by atoms with Gasteiger partial charge in [-0.2, -0.15) is 0 Å². The van der Waals surface area contributed by atoms with Crippen LogP contribution < -0.4 is 5.73 Å². The van der Waals surface area contributed by atoms with Crippen molar-refractivity contribution in [2.75, 3.05) is 25.4 Å². The first kappa shape index (κ1) is 23.9. The number of aromatic nitrogens is 4. The smallest absolute Gasteiger partial charge is 0.303 e. The number of aliphatic carboxylic acids is 1. The Labute approximate surface area is 203 Å². The van der Waals surface area contributed by atoms with Crippen LogP contribution in [0, 0.1) is 5.41 Å². The molecular formula is C24H34N6O5. The van der Waals surface area contributed by atoms with Crippen molar-refractivity contribution in [1.82, 2.24) is 24.4 Å². The van der Waals surface area contributed by atoms with Gasteiger partial charge in [-0.15, -0.1) is 0 Å². The lowest BCUT2D eigenvalue weighted by molar-refractivity contribution is -0.201. The van der Waals surface area contributed by atoms with Gasteiger partial charge in [0.05, 0.1) is 31.0 Å². The summed E-state index contributed by atoms with van der Waals surface area (Å²) in [5, 5.41) is 20.6. The van der Waals surface area contributed by atoms with Gasteiger partial charge in [-0.3, -0.25) is 9.59 Å². The van der Waals surface area contributed by atoms with Gasteiger partial charge < -0.3 is 30.2 Å².